The van der Waals surface area contributed by atoms with Crippen LogP contribution in [0, 0.1) is 11.8 Å². The molecule has 2 rings (SSSR count). The van der Waals surface area contributed by atoms with E-state index in [0.717, 1.165) is 16.5 Å². The van der Waals surface area contributed by atoms with Crippen LogP contribution in [0.3, 0.4) is 0 Å². The first-order valence-corrected chi connectivity index (χ1v) is 5.65. The Bertz CT molecular complexity index is 573. The molecule has 0 aliphatic heterocycles. The molecular formula is C14H14N2O2. The molecule has 0 unspecified atom stereocenters. The highest BCUT2D eigenvalue weighted by Gasteiger charge is 1.94. The van der Waals surface area contributed by atoms with E-state index in [0.29, 0.717) is 19.8 Å². The molecule has 0 N–H and O–H groups in total. The first kappa shape index (κ1) is 12.5. The van der Waals surface area contributed by atoms with E-state index in [1.165, 1.54) is 6.33 Å². The van der Waals surface area contributed by atoms with Gasteiger partial charge < -0.3 is 9.47 Å². The molecule has 0 aliphatic rings. The van der Waals surface area contributed by atoms with Gasteiger partial charge in [0.1, 0.15) is 12.9 Å². The smallest absolute Gasteiger partial charge is 0.116 e. The van der Waals surface area contributed by atoms with E-state index >= 15 is 0 Å². The number of methoxy groups -OCH3 is 1. The second-order valence-corrected chi connectivity index (χ2v) is 3.64. The summed E-state index contributed by atoms with van der Waals surface area (Å²) in [6, 6.07) is 5.85. The molecule has 92 valence electrons. The zero-order chi connectivity index (χ0) is 12.6. The Labute approximate surface area is 106 Å². The predicted molar refractivity (Wildman–Crippen MR) is 69.1 cm³/mol. The molecule has 1 heterocycles. The largest absolute Gasteiger partial charge is 0.382 e. The lowest BCUT2D eigenvalue weighted by molar-refractivity contribution is 0.0877. The minimum atomic E-state index is 0.409. The second-order valence-electron chi connectivity index (χ2n) is 3.64. The fourth-order valence-corrected chi connectivity index (χ4v) is 1.47. The topological polar surface area (TPSA) is 44.2 Å². The first-order valence-electron chi connectivity index (χ1n) is 5.65. The van der Waals surface area contributed by atoms with Crippen LogP contribution in [0.2, 0.25) is 0 Å². The number of hydrogen-bond acceptors (Lipinski definition) is 4. The highest BCUT2D eigenvalue weighted by Crippen LogP contribution is 2.11. The summed E-state index contributed by atoms with van der Waals surface area (Å²) in [4.78, 5) is 8.14. The van der Waals surface area contributed by atoms with Crippen LogP contribution in [0.25, 0.3) is 10.9 Å². The van der Waals surface area contributed by atoms with Gasteiger partial charge in [-0.05, 0) is 18.2 Å². The van der Waals surface area contributed by atoms with Crippen molar-refractivity contribution in [3.63, 3.8) is 0 Å². The third-order valence-corrected chi connectivity index (χ3v) is 2.34. The fourth-order valence-electron chi connectivity index (χ4n) is 1.47. The van der Waals surface area contributed by atoms with E-state index < -0.39 is 0 Å². The van der Waals surface area contributed by atoms with Crippen LogP contribution in [0.5, 0.6) is 0 Å². The molecule has 0 spiro atoms. The van der Waals surface area contributed by atoms with Crippen LogP contribution in [-0.2, 0) is 9.47 Å². The Hall–Kier alpha value is -1.96. The van der Waals surface area contributed by atoms with Crippen molar-refractivity contribution in [1.29, 1.82) is 0 Å². The molecule has 0 aliphatic carbocycles. The molecule has 1 aromatic carbocycles. The molecule has 0 bridgehead atoms. The molecule has 4 nitrogen and oxygen atoms in total. The van der Waals surface area contributed by atoms with Crippen molar-refractivity contribution in [2.45, 2.75) is 0 Å². The lowest BCUT2D eigenvalue weighted by Gasteiger charge is -1.97. The SMILES string of the molecule is COCCOCC#Cc1ccc2ncncc2c1. The van der Waals surface area contributed by atoms with Crippen LogP contribution in [-0.4, -0.2) is 36.9 Å². The Kier molecular flexibility index (Phi) is 4.65. The van der Waals surface area contributed by atoms with Crippen molar-refractivity contribution < 1.29 is 9.47 Å². The van der Waals surface area contributed by atoms with E-state index in [9.17, 15) is 0 Å². The Morgan fingerprint density at radius 1 is 1.28 bits per heavy atom. The summed E-state index contributed by atoms with van der Waals surface area (Å²) in [5, 5.41) is 0.990. The minimum Gasteiger partial charge on any atom is -0.382 e. The van der Waals surface area contributed by atoms with Crippen LogP contribution < -0.4 is 0 Å². The second kappa shape index (κ2) is 6.70. The van der Waals surface area contributed by atoms with Crippen molar-refractivity contribution in [3.8, 4) is 11.8 Å². The normalized spacial score (nSPS) is 10.1. The Morgan fingerprint density at radius 2 is 2.22 bits per heavy atom. The number of fused-ring (bicyclic) bond motifs is 1. The Morgan fingerprint density at radius 3 is 3.11 bits per heavy atom. The minimum absolute atomic E-state index is 0.409. The van der Waals surface area contributed by atoms with Crippen molar-refractivity contribution >= 4 is 10.9 Å². The lowest BCUT2D eigenvalue weighted by atomic mass is 10.1. The number of ether oxygens (including phenoxy) is 2. The van der Waals surface area contributed by atoms with Gasteiger partial charge in [-0.1, -0.05) is 11.8 Å². The van der Waals surface area contributed by atoms with E-state index in [1.807, 2.05) is 18.2 Å². The summed E-state index contributed by atoms with van der Waals surface area (Å²) in [5.41, 5.74) is 1.86. The van der Waals surface area contributed by atoms with Crippen molar-refractivity contribution in [3.05, 3.63) is 36.3 Å². The van der Waals surface area contributed by atoms with E-state index in [4.69, 9.17) is 9.47 Å². The van der Waals surface area contributed by atoms with Crippen LogP contribution in [0.1, 0.15) is 5.56 Å². The van der Waals surface area contributed by atoms with Gasteiger partial charge in [-0.15, -0.1) is 0 Å². The average Bonchev–Trinajstić information content (AvgIpc) is 2.42. The van der Waals surface area contributed by atoms with Gasteiger partial charge in [0.15, 0.2) is 0 Å². The van der Waals surface area contributed by atoms with Gasteiger partial charge in [0.25, 0.3) is 0 Å². The van der Waals surface area contributed by atoms with Gasteiger partial charge in [0.2, 0.25) is 0 Å². The van der Waals surface area contributed by atoms with E-state index in [1.54, 1.807) is 13.3 Å². The van der Waals surface area contributed by atoms with Crippen LogP contribution in [0.15, 0.2) is 30.7 Å². The quantitative estimate of drug-likeness (QED) is 0.604. The van der Waals surface area contributed by atoms with Crippen LogP contribution >= 0.6 is 0 Å². The number of aromatic nitrogens is 2. The molecule has 0 saturated carbocycles. The average molecular weight is 242 g/mol. The molecule has 0 fully saturated rings. The molecule has 2 aromatic rings. The predicted octanol–water partition coefficient (Wildman–Crippen LogP) is 1.64. The molecule has 0 amide bonds. The van der Waals surface area contributed by atoms with Crippen LogP contribution in [0.4, 0.5) is 0 Å². The van der Waals surface area contributed by atoms with E-state index in [-0.39, 0.29) is 0 Å². The van der Waals surface area contributed by atoms with Gasteiger partial charge in [-0.3, -0.25) is 0 Å². The molecule has 0 atom stereocenters. The summed E-state index contributed by atoms with van der Waals surface area (Å²) < 4.78 is 10.1. The van der Waals surface area contributed by atoms with Gasteiger partial charge >= 0.3 is 0 Å². The molecule has 4 heteroatoms. The van der Waals surface area contributed by atoms with Crippen molar-refractivity contribution in [1.82, 2.24) is 9.97 Å². The van der Waals surface area contributed by atoms with E-state index in [2.05, 4.69) is 21.8 Å². The van der Waals surface area contributed by atoms with Gasteiger partial charge in [0.05, 0.1) is 18.7 Å². The Balaban J connectivity index is 1.97. The fraction of sp³-hybridized carbons (Fsp3) is 0.286. The van der Waals surface area contributed by atoms with Gasteiger partial charge in [-0.2, -0.15) is 0 Å². The first-order chi connectivity index (χ1) is 8.90. The zero-order valence-corrected chi connectivity index (χ0v) is 10.2. The zero-order valence-electron chi connectivity index (χ0n) is 10.2. The van der Waals surface area contributed by atoms with Crippen molar-refractivity contribution in [2.75, 3.05) is 26.9 Å². The standard InChI is InChI=1S/C14H14N2O2/c1-17-7-8-18-6-2-3-12-4-5-14-13(9-12)10-15-11-16-14/h4-5,9-11H,6-8H2,1H3. The number of benzene rings is 1. The highest BCUT2D eigenvalue weighted by molar-refractivity contribution is 5.78. The molecule has 1 aromatic heterocycles. The number of hydrogen-bond donors (Lipinski definition) is 0. The highest BCUT2D eigenvalue weighted by atomic mass is 16.5. The maximum absolute atomic E-state index is 5.26. The number of rotatable bonds is 4. The summed E-state index contributed by atoms with van der Waals surface area (Å²) in [7, 11) is 1.65. The molecule has 0 radical (unpaired) electrons. The third kappa shape index (κ3) is 3.52. The van der Waals surface area contributed by atoms with Gasteiger partial charge in [0, 0.05) is 24.3 Å². The molecule has 0 saturated heterocycles. The summed E-state index contributed by atoms with van der Waals surface area (Å²) in [6.07, 6.45) is 3.32. The maximum atomic E-state index is 5.26. The third-order valence-electron chi connectivity index (χ3n) is 2.34. The summed E-state index contributed by atoms with van der Waals surface area (Å²) in [5.74, 6) is 6.00. The number of nitrogens with zero attached hydrogens (tertiary/aromatic N) is 2. The molecular weight excluding hydrogens is 228 g/mol. The monoisotopic (exact) mass is 242 g/mol. The maximum Gasteiger partial charge on any atom is 0.116 e. The lowest BCUT2D eigenvalue weighted by Crippen LogP contribution is -2.01. The molecule has 18 heavy (non-hydrogen) atoms. The summed E-state index contributed by atoms with van der Waals surface area (Å²) >= 11 is 0. The van der Waals surface area contributed by atoms with Gasteiger partial charge in [-0.25, -0.2) is 9.97 Å². The van der Waals surface area contributed by atoms with Crippen molar-refractivity contribution in [2.24, 2.45) is 0 Å². The summed E-state index contributed by atoms with van der Waals surface area (Å²) in [6.45, 7) is 1.57.